The van der Waals surface area contributed by atoms with Crippen LogP contribution in [0.25, 0.3) is 0 Å². The minimum Gasteiger partial charge on any atom is -1.00 e. The Labute approximate surface area is 90.4 Å². The fourth-order valence-electron chi connectivity index (χ4n) is 0.0781. The standard InChI is InChI=1S/C3H6O4.K.H/c4-1-2(5)3(6)7;;/h2,4-5H,1H2,(H,6,7);;/q;+1;-1. The van der Waals surface area contributed by atoms with Crippen molar-refractivity contribution in [3.63, 3.8) is 0 Å². The Morgan fingerprint density at radius 2 is 2.12 bits per heavy atom. The van der Waals surface area contributed by atoms with Crippen molar-refractivity contribution in [2.24, 2.45) is 0 Å². The predicted octanol–water partition coefficient (Wildman–Crippen LogP) is -4.46. The number of aliphatic carboxylic acids is 1. The molecular formula is C3H7KO4. The molecule has 1 unspecified atom stereocenters. The molecule has 0 radical (unpaired) electrons. The van der Waals surface area contributed by atoms with Crippen LogP contribution in [0.2, 0.25) is 0 Å². The van der Waals surface area contributed by atoms with Crippen molar-refractivity contribution < 1.29 is 72.9 Å². The van der Waals surface area contributed by atoms with E-state index < -0.39 is 18.7 Å². The molecule has 0 saturated carbocycles. The summed E-state index contributed by atoms with van der Waals surface area (Å²) in [4.78, 5) is 9.52. The quantitative estimate of drug-likeness (QED) is 0.343. The summed E-state index contributed by atoms with van der Waals surface area (Å²) in [6, 6.07) is 0. The van der Waals surface area contributed by atoms with Gasteiger partial charge < -0.3 is 16.7 Å². The molecule has 4 nitrogen and oxygen atoms in total. The number of carboxylic acid groups (broad SMARTS) is 1. The zero-order chi connectivity index (χ0) is 5.86. The number of hydrogen-bond donors (Lipinski definition) is 3. The van der Waals surface area contributed by atoms with E-state index in [1.54, 1.807) is 0 Å². The van der Waals surface area contributed by atoms with Crippen LogP contribution in [0.15, 0.2) is 0 Å². The van der Waals surface area contributed by atoms with E-state index in [0.717, 1.165) is 0 Å². The number of hydrogen-bond acceptors (Lipinski definition) is 3. The molecule has 3 N–H and O–H groups in total. The molecule has 0 aliphatic heterocycles. The second-order valence-corrected chi connectivity index (χ2v) is 1.04. The number of aliphatic hydroxyl groups is 2. The van der Waals surface area contributed by atoms with E-state index in [0.29, 0.717) is 0 Å². The number of rotatable bonds is 2. The van der Waals surface area contributed by atoms with Crippen LogP contribution in [0.1, 0.15) is 1.43 Å². The first kappa shape index (κ1) is 11.8. The van der Waals surface area contributed by atoms with Crippen molar-refractivity contribution in [1.29, 1.82) is 0 Å². The molecule has 0 aromatic heterocycles. The first-order chi connectivity index (χ1) is 3.18. The van der Waals surface area contributed by atoms with E-state index in [9.17, 15) is 4.79 Å². The molecule has 0 spiro atoms. The summed E-state index contributed by atoms with van der Waals surface area (Å²) in [5, 5.41) is 23.7. The largest absolute Gasteiger partial charge is 1.00 e. The summed E-state index contributed by atoms with van der Waals surface area (Å²) in [7, 11) is 0. The molecule has 44 valence electrons. The fraction of sp³-hybridized carbons (Fsp3) is 0.667. The van der Waals surface area contributed by atoms with Gasteiger partial charge in [-0.3, -0.25) is 0 Å². The maximum absolute atomic E-state index is 9.52. The molecule has 0 aliphatic rings. The minimum absolute atomic E-state index is 0. The summed E-state index contributed by atoms with van der Waals surface area (Å²) in [6.45, 7) is -0.727. The number of aliphatic hydroxyl groups excluding tert-OH is 2. The fourth-order valence-corrected chi connectivity index (χ4v) is 0.0781. The van der Waals surface area contributed by atoms with Crippen molar-refractivity contribution in [3.05, 3.63) is 0 Å². The second-order valence-electron chi connectivity index (χ2n) is 1.04. The van der Waals surface area contributed by atoms with E-state index in [1.165, 1.54) is 0 Å². The van der Waals surface area contributed by atoms with Crippen molar-refractivity contribution >= 4 is 5.97 Å². The Kier molecular flexibility index (Phi) is 9.06. The third-order valence-electron chi connectivity index (χ3n) is 0.458. The van der Waals surface area contributed by atoms with Gasteiger partial charge >= 0.3 is 57.4 Å². The van der Waals surface area contributed by atoms with Crippen LogP contribution in [-0.4, -0.2) is 34.0 Å². The summed E-state index contributed by atoms with van der Waals surface area (Å²) in [6.07, 6.45) is -1.63. The van der Waals surface area contributed by atoms with Gasteiger partial charge in [0.15, 0.2) is 6.10 Å². The topological polar surface area (TPSA) is 77.8 Å². The number of carbonyl (C=O) groups is 1. The molecule has 0 aromatic carbocycles. The summed E-state index contributed by atoms with van der Waals surface area (Å²) in [5.74, 6) is -1.40. The Morgan fingerprint density at radius 1 is 1.75 bits per heavy atom. The van der Waals surface area contributed by atoms with Gasteiger partial charge in [-0.1, -0.05) is 0 Å². The van der Waals surface area contributed by atoms with Crippen LogP contribution < -0.4 is 51.4 Å². The Balaban J connectivity index is -0.000000180. The smallest absolute Gasteiger partial charge is 1.00 e. The van der Waals surface area contributed by atoms with Crippen LogP contribution in [0.4, 0.5) is 0 Å². The first-order valence-corrected chi connectivity index (χ1v) is 1.70. The molecule has 0 rings (SSSR count). The SMILES string of the molecule is O=C(O)C(O)CO.[H-].[K+]. The molecule has 0 heterocycles. The number of carboxylic acids is 1. The second kappa shape index (κ2) is 6.15. The molecule has 0 bridgehead atoms. The van der Waals surface area contributed by atoms with Gasteiger partial charge in [0.05, 0.1) is 6.61 Å². The van der Waals surface area contributed by atoms with Crippen molar-refractivity contribution in [3.8, 4) is 0 Å². The van der Waals surface area contributed by atoms with Crippen LogP contribution in [0.3, 0.4) is 0 Å². The van der Waals surface area contributed by atoms with Gasteiger partial charge in [0.25, 0.3) is 0 Å². The van der Waals surface area contributed by atoms with Crippen LogP contribution >= 0.6 is 0 Å². The van der Waals surface area contributed by atoms with E-state index in [2.05, 4.69) is 0 Å². The van der Waals surface area contributed by atoms with Crippen molar-refractivity contribution in [2.75, 3.05) is 6.61 Å². The normalized spacial score (nSPS) is 11.8. The molecule has 0 amide bonds. The zero-order valence-corrected chi connectivity index (χ0v) is 7.66. The van der Waals surface area contributed by atoms with E-state index >= 15 is 0 Å². The van der Waals surface area contributed by atoms with Gasteiger partial charge in [-0.05, 0) is 0 Å². The molecule has 1 atom stereocenters. The first-order valence-electron chi connectivity index (χ1n) is 1.70. The van der Waals surface area contributed by atoms with Crippen molar-refractivity contribution in [1.82, 2.24) is 0 Å². The Bertz CT molecular complexity index is 78.2. The van der Waals surface area contributed by atoms with Gasteiger partial charge in [0.1, 0.15) is 0 Å². The van der Waals surface area contributed by atoms with Gasteiger partial charge in [-0.2, -0.15) is 0 Å². The van der Waals surface area contributed by atoms with Crippen molar-refractivity contribution in [2.45, 2.75) is 6.10 Å². The van der Waals surface area contributed by atoms with Crippen LogP contribution in [-0.2, 0) is 4.79 Å². The predicted molar refractivity (Wildman–Crippen MR) is 21.8 cm³/mol. The third kappa shape index (κ3) is 5.17. The van der Waals surface area contributed by atoms with E-state index in [4.69, 9.17) is 15.3 Å². The van der Waals surface area contributed by atoms with Gasteiger partial charge in [0.2, 0.25) is 0 Å². The van der Waals surface area contributed by atoms with Crippen LogP contribution in [0, 0.1) is 0 Å². The average molecular weight is 146 g/mol. The zero-order valence-electron chi connectivity index (χ0n) is 5.53. The molecule has 0 fully saturated rings. The minimum atomic E-state index is -1.63. The average Bonchev–Trinajstić information content (AvgIpc) is 1.65. The van der Waals surface area contributed by atoms with E-state index in [-0.39, 0.29) is 52.8 Å². The molecule has 0 aliphatic carbocycles. The molecular weight excluding hydrogens is 139 g/mol. The maximum atomic E-state index is 9.52. The van der Waals surface area contributed by atoms with E-state index in [1.807, 2.05) is 0 Å². The molecule has 0 saturated heterocycles. The molecule has 8 heavy (non-hydrogen) atoms. The Morgan fingerprint density at radius 3 is 2.12 bits per heavy atom. The van der Waals surface area contributed by atoms with Crippen LogP contribution in [0.5, 0.6) is 0 Å². The van der Waals surface area contributed by atoms with Gasteiger partial charge in [-0.25, -0.2) is 4.79 Å². The summed E-state index contributed by atoms with van der Waals surface area (Å²) >= 11 is 0. The summed E-state index contributed by atoms with van der Waals surface area (Å²) in [5.41, 5.74) is 0. The summed E-state index contributed by atoms with van der Waals surface area (Å²) < 4.78 is 0. The van der Waals surface area contributed by atoms with Gasteiger partial charge in [0, 0.05) is 0 Å². The Hall–Kier alpha value is 1.03. The van der Waals surface area contributed by atoms with Gasteiger partial charge in [-0.15, -0.1) is 0 Å². The molecule has 5 heteroatoms. The maximum Gasteiger partial charge on any atom is 1.00 e. The monoisotopic (exact) mass is 146 g/mol. The molecule has 0 aromatic rings. The third-order valence-corrected chi connectivity index (χ3v) is 0.458.